The molecule has 2 rings (SSSR count). The topological polar surface area (TPSA) is 54.0 Å². The zero-order valence-corrected chi connectivity index (χ0v) is 16.6. The third kappa shape index (κ3) is 4.74. The van der Waals surface area contributed by atoms with Gasteiger partial charge in [0.1, 0.15) is 24.7 Å². The summed E-state index contributed by atoms with van der Waals surface area (Å²) >= 11 is 0. The largest absolute Gasteiger partial charge is 0.493 e. The van der Waals surface area contributed by atoms with Crippen LogP contribution < -0.4 is 18.9 Å². The summed E-state index contributed by atoms with van der Waals surface area (Å²) in [7, 11) is 3.09. The van der Waals surface area contributed by atoms with E-state index in [4.69, 9.17) is 18.9 Å². The Labute approximate surface area is 166 Å². The number of rotatable bonds is 11. The first kappa shape index (κ1) is 21.1. The fourth-order valence-corrected chi connectivity index (χ4v) is 2.74. The van der Waals surface area contributed by atoms with Gasteiger partial charge in [-0.15, -0.1) is 0 Å². The van der Waals surface area contributed by atoms with E-state index in [1.165, 1.54) is 7.11 Å². The summed E-state index contributed by atoms with van der Waals surface area (Å²) in [6.07, 6.45) is 4.01. The van der Waals surface area contributed by atoms with E-state index in [0.717, 1.165) is 5.56 Å². The Balaban J connectivity index is 2.53. The van der Waals surface area contributed by atoms with Gasteiger partial charge in [-0.25, -0.2) is 0 Å². The summed E-state index contributed by atoms with van der Waals surface area (Å²) in [6, 6.07) is 8.63. The number of aryl methyl sites for hydroxylation is 1. The fraction of sp³-hybridized carbons (Fsp3) is 0.261. The maximum Gasteiger partial charge on any atom is 0.196 e. The molecule has 0 bridgehead atoms. The highest BCUT2D eigenvalue weighted by molar-refractivity contribution is 6.11. The van der Waals surface area contributed by atoms with Crippen LogP contribution in [0.15, 0.2) is 55.6 Å². The van der Waals surface area contributed by atoms with Crippen molar-refractivity contribution in [2.24, 2.45) is 0 Å². The van der Waals surface area contributed by atoms with Gasteiger partial charge < -0.3 is 18.9 Å². The number of ketones is 1. The molecule has 2 aromatic rings. The summed E-state index contributed by atoms with van der Waals surface area (Å²) in [6.45, 7) is 10.00. The van der Waals surface area contributed by atoms with E-state index in [9.17, 15) is 4.79 Å². The van der Waals surface area contributed by atoms with E-state index >= 15 is 0 Å². The number of ether oxygens (including phenoxy) is 4. The zero-order chi connectivity index (χ0) is 20.5. The molecule has 0 atom stereocenters. The molecule has 0 aliphatic rings. The highest BCUT2D eigenvalue weighted by atomic mass is 16.5. The third-order valence-electron chi connectivity index (χ3n) is 4.15. The van der Waals surface area contributed by atoms with E-state index in [-0.39, 0.29) is 12.4 Å². The SMILES string of the molecule is C=CCOc1cc(OCC=C)c(C(=O)c2ccc(OC)c(OC)c2)cc1CC. The molecule has 2 aromatic carbocycles. The van der Waals surface area contributed by atoms with E-state index in [1.54, 1.807) is 43.5 Å². The Morgan fingerprint density at radius 3 is 2.11 bits per heavy atom. The molecule has 5 nitrogen and oxygen atoms in total. The Morgan fingerprint density at radius 2 is 1.54 bits per heavy atom. The Hall–Kier alpha value is -3.21. The van der Waals surface area contributed by atoms with Crippen LogP contribution in [0.25, 0.3) is 0 Å². The first-order valence-corrected chi connectivity index (χ1v) is 9.00. The molecule has 0 saturated heterocycles. The first-order chi connectivity index (χ1) is 13.6. The van der Waals surface area contributed by atoms with Gasteiger partial charge in [0.2, 0.25) is 0 Å². The Morgan fingerprint density at radius 1 is 0.893 bits per heavy atom. The zero-order valence-electron chi connectivity index (χ0n) is 16.6. The molecule has 28 heavy (non-hydrogen) atoms. The molecule has 0 amide bonds. The van der Waals surface area contributed by atoms with Gasteiger partial charge in [-0.1, -0.05) is 32.2 Å². The molecule has 0 radical (unpaired) electrons. The van der Waals surface area contributed by atoms with Crippen LogP contribution in [0.2, 0.25) is 0 Å². The van der Waals surface area contributed by atoms with Gasteiger partial charge in [0, 0.05) is 11.6 Å². The summed E-state index contributed by atoms with van der Waals surface area (Å²) in [4.78, 5) is 13.2. The van der Waals surface area contributed by atoms with E-state index in [0.29, 0.717) is 47.2 Å². The number of hydrogen-bond acceptors (Lipinski definition) is 5. The minimum absolute atomic E-state index is 0.176. The third-order valence-corrected chi connectivity index (χ3v) is 4.15. The molecule has 0 saturated carbocycles. The van der Waals surface area contributed by atoms with Gasteiger partial charge in [0.25, 0.3) is 0 Å². The van der Waals surface area contributed by atoms with Crippen molar-refractivity contribution in [3.8, 4) is 23.0 Å². The molecule has 0 N–H and O–H groups in total. The average Bonchev–Trinajstić information content (AvgIpc) is 2.74. The maximum atomic E-state index is 13.2. The molecular weight excluding hydrogens is 356 g/mol. The van der Waals surface area contributed by atoms with Crippen molar-refractivity contribution >= 4 is 5.78 Å². The number of methoxy groups -OCH3 is 2. The van der Waals surface area contributed by atoms with Crippen molar-refractivity contribution in [2.45, 2.75) is 13.3 Å². The lowest BCUT2D eigenvalue weighted by molar-refractivity contribution is 0.103. The monoisotopic (exact) mass is 382 g/mol. The molecular formula is C23H26O5. The normalized spacial score (nSPS) is 10.1. The predicted octanol–water partition coefficient (Wildman–Crippen LogP) is 4.63. The lowest BCUT2D eigenvalue weighted by Gasteiger charge is -2.16. The van der Waals surface area contributed by atoms with Crippen LogP contribution in [0.1, 0.15) is 28.4 Å². The molecule has 0 spiro atoms. The van der Waals surface area contributed by atoms with Crippen LogP contribution in [0.4, 0.5) is 0 Å². The van der Waals surface area contributed by atoms with Crippen molar-refractivity contribution < 1.29 is 23.7 Å². The molecule has 148 valence electrons. The van der Waals surface area contributed by atoms with Gasteiger partial charge in [0.05, 0.1) is 19.8 Å². The molecule has 0 unspecified atom stereocenters. The van der Waals surface area contributed by atoms with Crippen LogP contribution in [0.3, 0.4) is 0 Å². The summed E-state index contributed by atoms with van der Waals surface area (Å²) < 4.78 is 22.0. The van der Waals surface area contributed by atoms with Crippen molar-refractivity contribution in [1.82, 2.24) is 0 Å². The molecule has 0 fully saturated rings. The standard InChI is InChI=1S/C23H26O5/c1-6-11-27-20-15-21(28-12-7-2)18(13-16(20)8-3)23(24)17-9-10-19(25-4)22(14-17)26-5/h6-7,9-10,13-15H,1-2,8,11-12H2,3-5H3. The number of carbonyl (C=O) groups is 1. The van der Waals surface area contributed by atoms with Crippen LogP contribution in [-0.2, 0) is 6.42 Å². The second-order valence-corrected chi connectivity index (χ2v) is 5.91. The molecule has 5 heteroatoms. The van der Waals surface area contributed by atoms with Crippen molar-refractivity contribution in [1.29, 1.82) is 0 Å². The van der Waals surface area contributed by atoms with Crippen LogP contribution in [0, 0.1) is 0 Å². The van der Waals surface area contributed by atoms with Crippen LogP contribution >= 0.6 is 0 Å². The van der Waals surface area contributed by atoms with Gasteiger partial charge >= 0.3 is 0 Å². The maximum absolute atomic E-state index is 13.2. The molecule has 0 aromatic heterocycles. The first-order valence-electron chi connectivity index (χ1n) is 9.00. The highest BCUT2D eigenvalue weighted by Gasteiger charge is 2.20. The smallest absolute Gasteiger partial charge is 0.196 e. The lowest BCUT2D eigenvalue weighted by atomic mass is 9.98. The summed E-state index contributed by atoms with van der Waals surface area (Å²) in [5.41, 5.74) is 1.84. The summed E-state index contributed by atoms with van der Waals surface area (Å²) in [5, 5.41) is 0. The second kappa shape index (κ2) is 10.2. The Kier molecular flexibility index (Phi) is 7.69. The van der Waals surface area contributed by atoms with Gasteiger partial charge in [-0.05, 0) is 36.2 Å². The Bertz CT molecular complexity index is 854. The van der Waals surface area contributed by atoms with Crippen LogP contribution in [0.5, 0.6) is 23.0 Å². The highest BCUT2D eigenvalue weighted by Crippen LogP contribution is 2.34. The molecule has 0 aliphatic heterocycles. The quantitative estimate of drug-likeness (QED) is 0.419. The van der Waals surface area contributed by atoms with Crippen molar-refractivity contribution in [3.05, 3.63) is 72.3 Å². The minimum atomic E-state index is -0.176. The van der Waals surface area contributed by atoms with E-state index < -0.39 is 0 Å². The average molecular weight is 382 g/mol. The van der Waals surface area contributed by atoms with Crippen molar-refractivity contribution in [2.75, 3.05) is 27.4 Å². The van der Waals surface area contributed by atoms with E-state index in [2.05, 4.69) is 13.2 Å². The van der Waals surface area contributed by atoms with Gasteiger partial charge in [-0.2, -0.15) is 0 Å². The van der Waals surface area contributed by atoms with Gasteiger partial charge in [-0.3, -0.25) is 4.79 Å². The fourth-order valence-electron chi connectivity index (χ4n) is 2.74. The number of carbonyl (C=O) groups excluding carboxylic acids is 1. The van der Waals surface area contributed by atoms with Crippen LogP contribution in [-0.4, -0.2) is 33.2 Å². The molecule has 0 aliphatic carbocycles. The van der Waals surface area contributed by atoms with Crippen molar-refractivity contribution in [3.63, 3.8) is 0 Å². The lowest BCUT2D eigenvalue weighted by Crippen LogP contribution is -2.09. The van der Waals surface area contributed by atoms with E-state index in [1.807, 2.05) is 13.0 Å². The number of benzene rings is 2. The minimum Gasteiger partial charge on any atom is -0.493 e. The van der Waals surface area contributed by atoms with Gasteiger partial charge in [0.15, 0.2) is 17.3 Å². The molecule has 0 heterocycles. The predicted molar refractivity (Wildman–Crippen MR) is 110 cm³/mol. The number of hydrogen-bond donors (Lipinski definition) is 0. The second-order valence-electron chi connectivity index (χ2n) is 5.91. The summed E-state index contributed by atoms with van der Waals surface area (Å²) in [5.74, 6) is 1.99.